The van der Waals surface area contributed by atoms with Crippen molar-refractivity contribution >= 4 is 91.2 Å². The number of rotatable bonds is 9. The van der Waals surface area contributed by atoms with E-state index in [9.17, 15) is 19.5 Å². The number of halogens is 3. The van der Waals surface area contributed by atoms with Crippen LogP contribution in [0.5, 0.6) is 0 Å². The van der Waals surface area contributed by atoms with Crippen LogP contribution in [0.4, 0.5) is 5.69 Å². The Labute approximate surface area is 222 Å². The van der Waals surface area contributed by atoms with Crippen LogP contribution in [0, 0.1) is 10.7 Å². The number of carbonyl (C=O) groups excluding carboxylic acids is 3. The molecule has 2 N–H and O–H groups in total. The second-order valence-electron chi connectivity index (χ2n) is 5.62. The molecular formula is C17H20I3N2NaO4. The summed E-state index contributed by atoms with van der Waals surface area (Å²) in [6.45, 7) is 4.47. The summed E-state index contributed by atoms with van der Waals surface area (Å²) in [7, 11) is 0. The first-order valence-corrected chi connectivity index (χ1v) is 11.5. The van der Waals surface area contributed by atoms with Gasteiger partial charge in [0.25, 0.3) is 5.91 Å². The summed E-state index contributed by atoms with van der Waals surface area (Å²) in [6.07, 6.45) is 3.88. The Kier molecular flexibility index (Phi) is 14.4. The largest absolute Gasteiger partial charge is 1.00 e. The Hall–Kier alpha value is 0.820. The zero-order chi connectivity index (χ0) is 19.9. The molecule has 0 unspecified atom stereocenters. The fraction of sp³-hybridized carbons (Fsp3) is 0.471. The molecule has 0 atom stereocenters. The Bertz CT molecular complexity index is 714. The van der Waals surface area contributed by atoms with Gasteiger partial charge in [-0.1, -0.05) is 26.7 Å². The van der Waals surface area contributed by atoms with Gasteiger partial charge in [0.2, 0.25) is 5.91 Å². The first-order chi connectivity index (χ1) is 12.3. The maximum Gasteiger partial charge on any atom is 1.00 e. The van der Waals surface area contributed by atoms with Crippen LogP contribution in [-0.2, 0) is 4.79 Å². The van der Waals surface area contributed by atoms with E-state index in [1.165, 1.54) is 0 Å². The summed E-state index contributed by atoms with van der Waals surface area (Å²) in [6, 6.07) is 0. The maximum atomic E-state index is 12.7. The third-order valence-corrected chi connectivity index (χ3v) is 6.79. The quantitative estimate of drug-likeness (QED) is 0.221. The van der Waals surface area contributed by atoms with Crippen LogP contribution in [-0.4, -0.2) is 24.3 Å². The van der Waals surface area contributed by atoms with Gasteiger partial charge in [-0.05, 0) is 80.6 Å². The maximum absolute atomic E-state index is 12.7. The molecule has 0 saturated carbocycles. The predicted octanol–water partition coefficient (Wildman–Crippen LogP) is 0.526. The summed E-state index contributed by atoms with van der Waals surface area (Å²) in [5.74, 6) is -1.94. The number of nitrogens with one attached hydrogen (secondary N) is 2. The minimum Gasteiger partial charge on any atom is -0.545 e. The molecule has 0 heterocycles. The van der Waals surface area contributed by atoms with Crippen molar-refractivity contribution in [3.8, 4) is 0 Å². The topological polar surface area (TPSA) is 98.3 Å². The Morgan fingerprint density at radius 1 is 0.926 bits per heavy atom. The Morgan fingerprint density at radius 3 is 2.04 bits per heavy atom. The SMILES string of the molecule is CCCCCNC(=O)c1c(I)c(NC(=O)CCC)c(I)c(C(=O)[O-])c1I.[Na+]. The fourth-order valence-electron chi connectivity index (χ4n) is 2.25. The van der Waals surface area contributed by atoms with Crippen molar-refractivity contribution in [2.75, 3.05) is 11.9 Å². The van der Waals surface area contributed by atoms with Gasteiger partial charge in [0.1, 0.15) is 0 Å². The van der Waals surface area contributed by atoms with Crippen LogP contribution < -0.4 is 45.3 Å². The summed E-state index contributed by atoms with van der Waals surface area (Å²) in [5.41, 5.74) is 0.536. The minimum atomic E-state index is -1.37. The summed E-state index contributed by atoms with van der Waals surface area (Å²) in [5, 5.41) is 17.2. The molecule has 1 aromatic rings. The molecule has 144 valence electrons. The molecule has 0 aliphatic heterocycles. The van der Waals surface area contributed by atoms with Crippen LogP contribution >= 0.6 is 67.8 Å². The van der Waals surface area contributed by atoms with Crippen LogP contribution in [0.25, 0.3) is 0 Å². The van der Waals surface area contributed by atoms with Crippen LogP contribution in [0.3, 0.4) is 0 Å². The second kappa shape index (κ2) is 13.9. The van der Waals surface area contributed by atoms with Gasteiger partial charge in [-0.15, -0.1) is 0 Å². The van der Waals surface area contributed by atoms with Gasteiger partial charge in [-0.25, -0.2) is 0 Å². The summed E-state index contributed by atoms with van der Waals surface area (Å²) in [4.78, 5) is 36.3. The van der Waals surface area contributed by atoms with Crippen molar-refractivity contribution in [3.63, 3.8) is 0 Å². The number of benzene rings is 1. The van der Waals surface area contributed by atoms with E-state index >= 15 is 0 Å². The molecule has 27 heavy (non-hydrogen) atoms. The minimum absolute atomic E-state index is 0. The number of carboxylic acid groups (broad SMARTS) is 1. The van der Waals surface area contributed by atoms with E-state index in [-0.39, 0.29) is 52.5 Å². The molecule has 0 saturated heterocycles. The second-order valence-corrected chi connectivity index (χ2v) is 8.85. The number of hydrogen-bond donors (Lipinski definition) is 2. The van der Waals surface area contributed by atoms with E-state index in [0.29, 0.717) is 35.8 Å². The van der Waals surface area contributed by atoms with Crippen molar-refractivity contribution in [2.24, 2.45) is 0 Å². The molecule has 0 aliphatic rings. The van der Waals surface area contributed by atoms with Crippen molar-refractivity contribution in [1.82, 2.24) is 5.32 Å². The number of carboxylic acids is 1. The molecule has 6 nitrogen and oxygen atoms in total. The molecule has 10 heteroatoms. The number of aromatic carboxylic acids is 1. The molecular weight excluding hydrogens is 700 g/mol. The Morgan fingerprint density at radius 2 is 1.52 bits per heavy atom. The van der Waals surface area contributed by atoms with Crippen LogP contribution in [0.15, 0.2) is 0 Å². The zero-order valence-electron chi connectivity index (χ0n) is 15.5. The normalized spacial score (nSPS) is 10.1. The predicted molar refractivity (Wildman–Crippen MR) is 124 cm³/mol. The van der Waals surface area contributed by atoms with Gasteiger partial charge in [0.15, 0.2) is 0 Å². The standard InChI is InChI=1S/C17H21I3N2O4.Na/c1-3-5-6-8-21-16(24)10-12(18)11(17(25)26)14(20)15(13(10)19)22-9(23)7-4-2;/h3-8H2,1-2H3,(H,21,24)(H,22,23)(H,25,26);/q;+1/p-1. The number of carbonyl (C=O) groups is 3. The zero-order valence-corrected chi connectivity index (χ0v) is 24.0. The summed E-state index contributed by atoms with van der Waals surface area (Å²) >= 11 is 5.71. The fourth-order valence-corrected chi connectivity index (χ4v) is 6.61. The monoisotopic (exact) mass is 720 g/mol. The van der Waals surface area contributed by atoms with E-state index in [0.717, 1.165) is 19.3 Å². The number of anilines is 1. The number of amides is 2. The smallest absolute Gasteiger partial charge is 0.545 e. The van der Waals surface area contributed by atoms with Crippen molar-refractivity contribution in [1.29, 1.82) is 0 Å². The van der Waals surface area contributed by atoms with E-state index in [2.05, 4.69) is 17.6 Å². The summed E-state index contributed by atoms with van der Waals surface area (Å²) < 4.78 is 1.21. The van der Waals surface area contributed by atoms with Gasteiger partial charge in [-0.3, -0.25) is 9.59 Å². The third-order valence-electron chi connectivity index (χ3n) is 3.56. The number of unbranched alkanes of at least 4 members (excludes halogenated alkanes) is 2. The van der Waals surface area contributed by atoms with Crippen LogP contribution in [0.1, 0.15) is 66.7 Å². The molecule has 0 radical (unpaired) electrons. The van der Waals surface area contributed by atoms with Crippen molar-refractivity contribution < 1.29 is 49.0 Å². The molecule has 2 amide bonds. The average molecular weight is 720 g/mol. The molecule has 0 bridgehead atoms. The molecule has 1 aromatic carbocycles. The van der Waals surface area contributed by atoms with Gasteiger partial charge in [0, 0.05) is 25.7 Å². The first-order valence-electron chi connectivity index (χ1n) is 8.25. The van der Waals surface area contributed by atoms with E-state index in [1.54, 1.807) is 0 Å². The van der Waals surface area contributed by atoms with Gasteiger partial charge in [0.05, 0.1) is 20.8 Å². The van der Waals surface area contributed by atoms with Crippen molar-refractivity contribution in [3.05, 3.63) is 21.8 Å². The Balaban J connectivity index is 0.00000676. The molecule has 0 aromatic heterocycles. The van der Waals surface area contributed by atoms with Gasteiger partial charge >= 0.3 is 29.6 Å². The molecule has 0 spiro atoms. The van der Waals surface area contributed by atoms with E-state index in [4.69, 9.17) is 0 Å². The van der Waals surface area contributed by atoms with Gasteiger partial charge in [-0.2, -0.15) is 0 Å². The molecule has 1 rings (SSSR count). The van der Waals surface area contributed by atoms with Gasteiger partial charge < -0.3 is 20.5 Å². The van der Waals surface area contributed by atoms with Crippen LogP contribution in [0.2, 0.25) is 0 Å². The molecule has 0 fully saturated rings. The van der Waals surface area contributed by atoms with E-state index in [1.807, 2.05) is 74.7 Å². The van der Waals surface area contributed by atoms with E-state index < -0.39 is 5.97 Å². The van der Waals surface area contributed by atoms with Crippen molar-refractivity contribution in [2.45, 2.75) is 46.0 Å². The average Bonchev–Trinajstić information content (AvgIpc) is 2.55. The first kappa shape index (κ1) is 27.8. The number of hydrogen-bond acceptors (Lipinski definition) is 4. The molecule has 0 aliphatic carbocycles. The third kappa shape index (κ3) is 7.87.